The maximum atomic E-state index is 11.8. The van der Waals surface area contributed by atoms with Crippen LogP contribution in [0.3, 0.4) is 0 Å². The summed E-state index contributed by atoms with van der Waals surface area (Å²) in [5.74, 6) is 0.630. The van der Waals surface area contributed by atoms with Crippen LogP contribution in [0.25, 0.3) is 0 Å². The molecule has 1 rings (SSSR count). The summed E-state index contributed by atoms with van der Waals surface area (Å²) in [7, 11) is 0. The lowest BCUT2D eigenvalue weighted by atomic mass is 9.94. The summed E-state index contributed by atoms with van der Waals surface area (Å²) >= 11 is 1.38. The monoisotopic (exact) mass is 260 g/mol. The van der Waals surface area contributed by atoms with E-state index in [9.17, 15) is 14.7 Å². The van der Waals surface area contributed by atoms with Gasteiger partial charge in [0.1, 0.15) is 0 Å². The van der Waals surface area contributed by atoms with Crippen LogP contribution >= 0.6 is 11.8 Å². The average Bonchev–Trinajstić information content (AvgIpc) is 2.23. The Balaban J connectivity index is 2.18. The molecule has 2 amide bonds. The largest absolute Gasteiger partial charge is 0.390 e. The van der Waals surface area contributed by atoms with E-state index in [2.05, 4.69) is 0 Å². The van der Waals surface area contributed by atoms with Gasteiger partial charge in [0, 0.05) is 25.3 Å². The SMILES string of the molecule is CC1(O)CCN(C(=O)CCSCC(N)=O)CC1. The number of hydrogen-bond acceptors (Lipinski definition) is 4. The fraction of sp³-hybridized carbons (Fsp3) is 0.818. The van der Waals surface area contributed by atoms with Crippen LogP contribution in [0, 0.1) is 0 Å². The first kappa shape index (κ1) is 14.3. The van der Waals surface area contributed by atoms with Gasteiger partial charge in [0.2, 0.25) is 11.8 Å². The van der Waals surface area contributed by atoms with Gasteiger partial charge in [0.25, 0.3) is 0 Å². The van der Waals surface area contributed by atoms with E-state index in [1.807, 2.05) is 0 Å². The summed E-state index contributed by atoms with van der Waals surface area (Å²) in [4.78, 5) is 24.0. The number of piperidine rings is 1. The Morgan fingerprint density at radius 3 is 2.53 bits per heavy atom. The van der Waals surface area contributed by atoms with Crippen molar-refractivity contribution in [2.75, 3.05) is 24.6 Å². The highest BCUT2D eigenvalue weighted by Crippen LogP contribution is 2.21. The van der Waals surface area contributed by atoms with Crippen molar-refractivity contribution in [2.45, 2.75) is 31.8 Å². The van der Waals surface area contributed by atoms with Gasteiger partial charge >= 0.3 is 0 Å². The Labute approximate surface area is 106 Å². The average molecular weight is 260 g/mol. The molecule has 0 unspecified atom stereocenters. The van der Waals surface area contributed by atoms with Gasteiger partial charge in [-0.25, -0.2) is 0 Å². The van der Waals surface area contributed by atoms with Gasteiger partial charge in [-0.05, 0) is 19.8 Å². The molecular formula is C11H20N2O3S. The molecule has 1 heterocycles. The molecule has 1 saturated heterocycles. The highest BCUT2D eigenvalue weighted by molar-refractivity contribution is 7.99. The number of carbonyl (C=O) groups excluding carboxylic acids is 2. The van der Waals surface area contributed by atoms with Crippen LogP contribution in [0.1, 0.15) is 26.2 Å². The molecule has 17 heavy (non-hydrogen) atoms. The molecule has 1 aliphatic rings. The lowest BCUT2D eigenvalue weighted by Gasteiger charge is -2.35. The number of rotatable bonds is 5. The Hall–Kier alpha value is -0.750. The van der Waals surface area contributed by atoms with Gasteiger partial charge in [-0.1, -0.05) is 0 Å². The zero-order valence-electron chi connectivity index (χ0n) is 10.1. The molecule has 0 saturated carbocycles. The summed E-state index contributed by atoms with van der Waals surface area (Å²) in [6.07, 6.45) is 1.69. The lowest BCUT2D eigenvalue weighted by Crippen LogP contribution is -2.45. The van der Waals surface area contributed by atoms with Crippen LogP contribution in [0.4, 0.5) is 0 Å². The van der Waals surface area contributed by atoms with E-state index >= 15 is 0 Å². The standard InChI is InChI=1S/C11H20N2O3S/c1-11(16)3-5-13(6-4-11)10(15)2-7-17-8-9(12)14/h16H,2-8H2,1H3,(H2,12,14). The van der Waals surface area contributed by atoms with Crippen molar-refractivity contribution in [1.82, 2.24) is 4.90 Å². The lowest BCUT2D eigenvalue weighted by molar-refractivity contribution is -0.134. The summed E-state index contributed by atoms with van der Waals surface area (Å²) in [5, 5.41) is 9.76. The van der Waals surface area contributed by atoms with Crippen molar-refractivity contribution in [1.29, 1.82) is 0 Å². The van der Waals surface area contributed by atoms with E-state index in [0.29, 0.717) is 38.1 Å². The molecular weight excluding hydrogens is 240 g/mol. The van der Waals surface area contributed by atoms with Gasteiger partial charge in [-0.3, -0.25) is 9.59 Å². The molecule has 0 aromatic carbocycles. The van der Waals surface area contributed by atoms with Crippen molar-refractivity contribution in [3.63, 3.8) is 0 Å². The van der Waals surface area contributed by atoms with Crippen LogP contribution < -0.4 is 5.73 Å². The maximum Gasteiger partial charge on any atom is 0.227 e. The van der Waals surface area contributed by atoms with Gasteiger partial charge in [-0.2, -0.15) is 11.8 Å². The molecule has 0 aliphatic carbocycles. The van der Waals surface area contributed by atoms with E-state index in [0.717, 1.165) is 0 Å². The van der Waals surface area contributed by atoms with E-state index in [4.69, 9.17) is 5.73 Å². The van der Waals surface area contributed by atoms with Gasteiger partial charge in [0.05, 0.1) is 11.4 Å². The van der Waals surface area contributed by atoms with E-state index < -0.39 is 5.60 Å². The van der Waals surface area contributed by atoms with Crippen LogP contribution in [0.15, 0.2) is 0 Å². The second-order valence-corrected chi connectivity index (χ2v) is 5.75. The fourth-order valence-electron chi connectivity index (χ4n) is 1.73. The molecule has 1 fully saturated rings. The summed E-state index contributed by atoms with van der Waals surface area (Å²) in [6.45, 7) is 3.04. The van der Waals surface area contributed by atoms with Crippen molar-refractivity contribution < 1.29 is 14.7 Å². The number of thioether (sulfide) groups is 1. The van der Waals surface area contributed by atoms with Crippen molar-refractivity contribution in [3.05, 3.63) is 0 Å². The third-order valence-corrected chi connectivity index (χ3v) is 3.88. The van der Waals surface area contributed by atoms with E-state index in [1.54, 1.807) is 11.8 Å². The molecule has 1 aliphatic heterocycles. The molecule has 5 nitrogen and oxygen atoms in total. The number of likely N-dealkylation sites (tertiary alicyclic amines) is 1. The molecule has 0 radical (unpaired) electrons. The van der Waals surface area contributed by atoms with Gasteiger partial charge in [-0.15, -0.1) is 0 Å². The number of carbonyl (C=O) groups is 2. The first-order valence-electron chi connectivity index (χ1n) is 5.77. The molecule has 3 N–H and O–H groups in total. The minimum atomic E-state index is -0.627. The number of nitrogens with two attached hydrogens (primary N) is 1. The smallest absolute Gasteiger partial charge is 0.227 e. The second-order valence-electron chi connectivity index (χ2n) is 4.65. The predicted molar refractivity (Wildman–Crippen MR) is 67.6 cm³/mol. The summed E-state index contributed by atoms with van der Waals surface area (Å²) in [5.41, 5.74) is 4.37. The molecule has 98 valence electrons. The zero-order chi connectivity index (χ0) is 12.9. The molecule has 0 bridgehead atoms. The highest BCUT2D eigenvalue weighted by Gasteiger charge is 2.29. The zero-order valence-corrected chi connectivity index (χ0v) is 11.0. The number of hydrogen-bond donors (Lipinski definition) is 2. The Bertz CT molecular complexity index is 284. The number of aliphatic hydroxyl groups is 1. The van der Waals surface area contributed by atoms with Gasteiger partial charge in [0.15, 0.2) is 0 Å². The Morgan fingerprint density at radius 2 is 2.00 bits per heavy atom. The number of nitrogens with zero attached hydrogens (tertiary/aromatic N) is 1. The van der Waals surface area contributed by atoms with Crippen LogP contribution in [-0.4, -0.2) is 52.0 Å². The fourth-order valence-corrected chi connectivity index (χ4v) is 2.39. The predicted octanol–water partition coefficient (Wildman–Crippen LogP) is -0.0316. The first-order chi connectivity index (χ1) is 7.91. The molecule has 0 aromatic heterocycles. The molecule has 0 aromatic rings. The third kappa shape index (κ3) is 5.41. The first-order valence-corrected chi connectivity index (χ1v) is 6.92. The van der Waals surface area contributed by atoms with Crippen LogP contribution in [0.5, 0.6) is 0 Å². The minimum absolute atomic E-state index is 0.0949. The number of primary amides is 1. The third-order valence-electron chi connectivity index (χ3n) is 2.90. The molecule has 0 atom stereocenters. The molecule has 6 heteroatoms. The normalized spacial score (nSPS) is 19.1. The molecule has 0 spiro atoms. The van der Waals surface area contributed by atoms with Crippen molar-refractivity contribution >= 4 is 23.6 Å². The van der Waals surface area contributed by atoms with E-state index in [-0.39, 0.29) is 17.6 Å². The Morgan fingerprint density at radius 1 is 1.41 bits per heavy atom. The van der Waals surface area contributed by atoms with Crippen LogP contribution in [-0.2, 0) is 9.59 Å². The number of amides is 2. The summed E-state index contributed by atoms with van der Waals surface area (Å²) in [6, 6.07) is 0. The van der Waals surface area contributed by atoms with Crippen LogP contribution in [0.2, 0.25) is 0 Å². The van der Waals surface area contributed by atoms with Gasteiger partial charge < -0.3 is 15.7 Å². The topological polar surface area (TPSA) is 83.6 Å². The van der Waals surface area contributed by atoms with E-state index in [1.165, 1.54) is 11.8 Å². The highest BCUT2D eigenvalue weighted by atomic mass is 32.2. The Kier molecular flexibility index (Phi) is 5.27. The van der Waals surface area contributed by atoms with Crippen molar-refractivity contribution in [2.24, 2.45) is 5.73 Å². The quantitative estimate of drug-likeness (QED) is 0.680. The summed E-state index contributed by atoms with van der Waals surface area (Å²) < 4.78 is 0. The van der Waals surface area contributed by atoms with Crippen molar-refractivity contribution in [3.8, 4) is 0 Å². The minimum Gasteiger partial charge on any atom is -0.390 e. The second kappa shape index (κ2) is 6.26. The maximum absolute atomic E-state index is 11.8.